The number of hydrogen-bond acceptors (Lipinski definition) is 2. The molecule has 0 spiro atoms. The van der Waals surface area contributed by atoms with Gasteiger partial charge in [0.1, 0.15) is 5.82 Å². The molecule has 0 amide bonds. The van der Waals surface area contributed by atoms with Crippen molar-refractivity contribution in [2.75, 3.05) is 0 Å². The lowest BCUT2D eigenvalue weighted by Crippen LogP contribution is -2.21. The summed E-state index contributed by atoms with van der Waals surface area (Å²) in [4.78, 5) is 4.31. The summed E-state index contributed by atoms with van der Waals surface area (Å²) in [6, 6.07) is 7.08. The maximum atomic E-state index is 13.0. The fraction of sp³-hybridized carbons (Fsp3) is 0.357. The molecule has 4 heteroatoms. The zero-order chi connectivity index (χ0) is 13.0. The van der Waals surface area contributed by atoms with E-state index >= 15 is 0 Å². The third-order valence-corrected chi connectivity index (χ3v) is 2.63. The minimum absolute atomic E-state index is 0.200. The normalized spacial score (nSPS) is 11.1. The van der Waals surface area contributed by atoms with Crippen molar-refractivity contribution in [2.45, 2.75) is 33.0 Å². The Bertz CT molecular complexity index is 505. The van der Waals surface area contributed by atoms with Crippen LogP contribution in [0, 0.1) is 5.82 Å². The second-order valence-corrected chi connectivity index (χ2v) is 4.70. The predicted octanol–water partition coefficient (Wildman–Crippen LogP) is 2.57. The third kappa shape index (κ3) is 3.67. The van der Waals surface area contributed by atoms with Crippen LogP contribution in [0.1, 0.15) is 25.1 Å². The smallest absolute Gasteiger partial charge is 0.123 e. The van der Waals surface area contributed by atoms with Crippen LogP contribution in [-0.2, 0) is 13.1 Å². The van der Waals surface area contributed by atoms with Crippen molar-refractivity contribution < 1.29 is 4.39 Å². The highest BCUT2D eigenvalue weighted by Crippen LogP contribution is 2.06. The second-order valence-electron chi connectivity index (χ2n) is 4.70. The number of rotatable bonds is 5. The monoisotopic (exact) mass is 247 g/mol. The lowest BCUT2D eigenvalue weighted by molar-refractivity contribution is 0.582. The van der Waals surface area contributed by atoms with Gasteiger partial charge in [0.15, 0.2) is 0 Å². The summed E-state index contributed by atoms with van der Waals surface area (Å²) in [6.45, 7) is 5.60. The Kier molecular flexibility index (Phi) is 4.10. The molecule has 1 N–H and O–H groups in total. The minimum Gasteiger partial charge on any atom is -0.333 e. The molecule has 2 rings (SSSR count). The van der Waals surface area contributed by atoms with Crippen LogP contribution >= 0.6 is 0 Å². The van der Waals surface area contributed by atoms with Gasteiger partial charge in [-0.25, -0.2) is 9.37 Å². The Morgan fingerprint density at radius 3 is 2.94 bits per heavy atom. The molecule has 0 bridgehead atoms. The van der Waals surface area contributed by atoms with Crippen molar-refractivity contribution in [1.29, 1.82) is 0 Å². The molecule has 96 valence electrons. The first-order chi connectivity index (χ1) is 8.63. The average molecular weight is 247 g/mol. The van der Waals surface area contributed by atoms with E-state index in [1.165, 1.54) is 6.07 Å². The van der Waals surface area contributed by atoms with Crippen LogP contribution in [0.4, 0.5) is 4.39 Å². The van der Waals surface area contributed by atoms with Gasteiger partial charge in [0, 0.05) is 25.3 Å². The average Bonchev–Trinajstić information content (AvgIpc) is 2.74. The minimum atomic E-state index is -0.200. The topological polar surface area (TPSA) is 29.9 Å². The lowest BCUT2D eigenvalue weighted by atomic mass is 10.2. The zero-order valence-electron chi connectivity index (χ0n) is 10.7. The maximum Gasteiger partial charge on any atom is 0.123 e. The maximum absolute atomic E-state index is 13.0. The number of aromatic nitrogens is 2. The van der Waals surface area contributed by atoms with Gasteiger partial charge in [0.25, 0.3) is 0 Å². The first-order valence-electron chi connectivity index (χ1n) is 6.12. The summed E-state index contributed by atoms with van der Waals surface area (Å²) >= 11 is 0. The Balaban J connectivity index is 1.98. The van der Waals surface area contributed by atoms with Gasteiger partial charge >= 0.3 is 0 Å². The number of benzene rings is 1. The van der Waals surface area contributed by atoms with Crippen LogP contribution in [0.5, 0.6) is 0 Å². The molecule has 1 heterocycles. The number of hydrogen-bond donors (Lipinski definition) is 1. The van der Waals surface area contributed by atoms with Gasteiger partial charge < -0.3 is 9.88 Å². The van der Waals surface area contributed by atoms with Gasteiger partial charge in [-0.1, -0.05) is 26.0 Å². The van der Waals surface area contributed by atoms with Gasteiger partial charge in [0.05, 0.1) is 12.0 Å². The van der Waals surface area contributed by atoms with Crippen molar-refractivity contribution in [3.63, 3.8) is 0 Å². The third-order valence-electron chi connectivity index (χ3n) is 2.63. The molecule has 18 heavy (non-hydrogen) atoms. The van der Waals surface area contributed by atoms with Crippen molar-refractivity contribution >= 4 is 0 Å². The second kappa shape index (κ2) is 5.78. The van der Waals surface area contributed by atoms with E-state index in [9.17, 15) is 4.39 Å². The van der Waals surface area contributed by atoms with Gasteiger partial charge in [-0.05, 0) is 17.7 Å². The van der Waals surface area contributed by atoms with Crippen molar-refractivity contribution in [1.82, 2.24) is 14.9 Å². The molecule has 2 aromatic rings. The molecule has 0 aliphatic carbocycles. The van der Waals surface area contributed by atoms with E-state index in [4.69, 9.17) is 0 Å². The first kappa shape index (κ1) is 12.8. The Labute approximate surface area is 107 Å². The van der Waals surface area contributed by atoms with Crippen LogP contribution in [0.2, 0.25) is 0 Å². The van der Waals surface area contributed by atoms with Crippen molar-refractivity contribution in [3.8, 4) is 0 Å². The van der Waals surface area contributed by atoms with E-state index < -0.39 is 0 Å². The molecule has 0 saturated heterocycles. The fourth-order valence-corrected chi connectivity index (χ4v) is 1.74. The van der Waals surface area contributed by atoms with Crippen molar-refractivity contribution in [2.24, 2.45) is 0 Å². The molecule has 1 aromatic carbocycles. The van der Waals surface area contributed by atoms with Crippen molar-refractivity contribution in [3.05, 3.63) is 53.9 Å². The van der Waals surface area contributed by atoms with Crippen LogP contribution in [-0.4, -0.2) is 15.6 Å². The highest BCUT2D eigenvalue weighted by molar-refractivity contribution is 5.17. The quantitative estimate of drug-likeness (QED) is 0.880. The molecule has 0 aliphatic rings. The summed E-state index contributed by atoms with van der Waals surface area (Å²) in [5, 5.41) is 3.31. The largest absolute Gasteiger partial charge is 0.333 e. The van der Waals surface area contributed by atoms with Crippen LogP contribution in [0.25, 0.3) is 0 Å². The van der Waals surface area contributed by atoms with Gasteiger partial charge in [-0.2, -0.15) is 0 Å². The molecular weight excluding hydrogens is 229 g/mol. The number of imidazole rings is 1. The van der Waals surface area contributed by atoms with Crippen LogP contribution < -0.4 is 5.32 Å². The summed E-state index contributed by atoms with van der Waals surface area (Å²) in [5.74, 6) is -0.200. The molecule has 0 radical (unpaired) electrons. The van der Waals surface area contributed by atoms with E-state index in [0.717, 1.165) is 17.8 Å². The molecule has 1 aromatic heterocycles. The highest BCUT2D eigenvalue weighted by Gasteiger charge is 2.01. The van der Waals surface area contributed by atoms with Crippen LogP contribution in [0.3, 0.4) is 0 Å². The van der Waals surface area contributed by atoms with E-state index in [2.05, 4.69) is 24.1 Å². The van der Waals surface area contributed by atoms with Crippen LogP contribution in [0.15, 0.2) is 36.8 Å². The number of nitrogens with one attached hydrogen (secondary N) is 1. The molecule has 3 nitrogen and oxygen atoms in total. The summed E-state index contributed by atoms with van der Waals surface area (Å²) in [5.41, 5.74) is 1.94. The van der Waals surface area contributed by atoms with Gasteiger partial charge in [0.2, 0.25) is 0 Å². The predicted molar refractivity (Wildman–Crippen MR) is 69.7 cm³/mol. The number of halogens is 1. The Morgan fingerprint density at radius 1 is 1.39 bits per heavy atom. The zero-order valence-corrected chi connectivity index (χ0v) is 10.7. The summed E-state index contributed by atoms with van der Waals surface area (Å²) in [7, 11) is 0. The first-order valence-corrected chi connectivity index (χ1v) is 6.12. The van der Waals surface area contributed by atoms with Gasteiger partial charge in [-0.3, -0.25) is 0 Å². The standard InChI is InChI=1S/C14H18FN3/c1-11(2)16-7-14-9-18(10-17-14)8-12-4-3-5-13(15)6-12/h3-6,9-11,16H,7-8H2,1-2H3. The molecule has 0 aliphatic heterocycles. The van der Waals surface area contributed by atoms with E-state index in [0.29, 0.717) is 12.6 Å². The van der Waals surface area contributed by atoms with E-state index in [1.54, 1.807) is 18.5 Å². The lowest BCUT2D eigenvalue weighted by Gasteiger charge is -2.05. The highest BCUT2D eigenvalue weighted by atomic mass is 19.1. The molecule has 0 atom stereocenters. The fourth-order valence-electron chi connectivity index (χ4n) is 1.74. The summed E-state index contributed by atoms with van der Waals surface area (Å²) < 4.78 is 15.0. The molecular formula is C14H18FN3. The molecule has 0 saturated carbocycles. The summed E-state index contributed by atoms with van der Waals surface area (Å²) in [6.07, 6.45) is 3.77. The number of nitrogens with zero attached hydrogens (tertiary/aromatic N) is 2. The SMILES string of the molecule is CC(C)NCc1cn(Cc2cccc(F)c2)cn1. The van der Waals surface area contributed by atoms with E-state index in [-0.39, 0.29) is 5.82 Å². The van der Waals surface area contributed by atoms with Gasteiger partial charge in [-0.15, -0.1) is 0 Å². The molecule has 0 fully saturated rings. The van der Waals surface area contributed by atoms with E-state index in [1.807, 2.05) is 16.8 Å². The molecule has 0 unspecified atom stereocenters. The Morgan fingerprint density at radius 2 is 2.22 bits per heavy atom. The Hall–Kier alpha value is -1.68.